The molecule has 164 valence electrons. The van der Waals surface area contributed by atoms with Crippen molar-refractivity contribution >= 4 is 45.7 Å². The second-order valence-corrected chi connectivity index (χ2v) is 9.54. The number of amides is 1. The molecule has 2 aliphatic rings. The van der Waals surface area contributed by atoms with Crippen LogP contribution in [0.4, 0.5) is 22.8 Å². The van der Waals surface area contributed by atoms with Gasteiger partial charge in [-0.3, -0.25) is 14.3 Å². The van der Waals surface area contributed by atoms with E-state index in [9.17, 15) is 4.79 Å². The lowest BCUT2D eigenvalue weighted by atomic mass is 10.2. The van der Waals surface area contributed by atoms with Gasteiger partial charge < -0.3 is 15.5 Å². The summed E-state index contributed by atoms with van der Waals surface area (Å²) in [4.78, 5) is 29.8. The van der Waals surface area contributed by atoms with Crippen LogP contribution < -0.4 is 15.5 Å². The minimum Gasteiger partial charge on any atom is -0.329 e. The minimum absolute atomic E-state index is 0.0772. The zero-order valence-corrected chi connectivity index (χ0v) is 18.4. The topological polar surface area (TPSA) is 116 Å². The number of aromatic amines is 1. The first-order valence-corrected chi connectivity index (χ1v) is 11.6. The number of carbonyl (C=O) groups is 1. The number of rotatable bonds is 6. The Kier molecular flexibility index (Phi) is 4.56. The highest BCUT2D eigenvalue weighted by Crippen LogP contribution is 2.39. The number of thiazole rings is 1. The third kappa shape index (κ3) is 3.58. The van der Waals surface area contributed by atoms with E-state index in [2.05, 4.69) is 25.8 Å². The van der Waals surface area contributed by atoms with Gasteiger partial charge in [-0.1, -0.05) is 0 Å². The molecule has 4 aromatic heterocycles. The van der Waals surface area contributed by atoms with Gasteiger partial charge in [0.25, 0.3) is 0 Å². The number of hydrogen-bond acceptors (Lipinski definition) is 8. The van der Waals surface area contributed by atoms with Crippen LogP contribution in [0.5, 0.6) is 0 Å². The van der Waals surface area contributed by atoms with Crippen molar-refractivity contribution in [2.45, 2.75) is 44.6 Å². The van der Waals surface area contributed by atoms with E-state index in [4.69, 9.17) is 9.97 Å². The van der Waals surface area contributed by atoms with Gasteiger partial charge in [0.05, 0.1) is 0 Å². The van der Waals surface area contributed by atoms with Gasteiger partial charge in [-0.15, -0.1) is 11.3 Å². The zero-order valence-electron chi connectivity index (χ0n) is 17.6. The van der Waals surface area contributed by atoms with Crippen molar-refractivity contribution < 1.29 is 4.79 Å². The number of fused-ring (bicyclic) bond motifs is 1. The number of hydrogen-bond donors (Lipinski definition) is 3. The molecule has 4 aromatic rings. The van der Waals surface area contributed by atoms with Crippen molar-refractivity contribution in [2.24, 2.45) is 0 Å². The number of anilines is 4. The van der Waals surface area contributed by atoms with Gasteiger partial charge in [0.15, 0.2) is 10.9 Å². The Hall–Kier alpha value is -3.47. The molecule has 0 spiro atoms. The predicted molar refractivity (Wildman–Crippen MR) is 123 cm³/mol. The summed E-state index contributed by atoms with van der Waals surface area (Å²) in [7, 11) is 0. The Balaban J connectivity index is 1.28. The first-order valence-electron chi connectivity index (χ1n) is 10.8. The molecule has 5 heterocycles. The van der Waals surface area contributed by atoms with E-state index in [1.807, 2.05) is 40.6 Å². The summed E-state index contributed by atoms with van der Waals surface area (Å²) < 4.78 is 1.89. The molecular weight excluding hydrogens is 426 g/mol. The van der Waals surface area contributed by atoms with E-state index in [0.29, 0.717) is 22.9 Å². The molecule has 6 rings (SSSR count). The third-order valence-electron chi connectivity index (χ3n) is 5.89. The number of carbonyl (C=O) groups excluding carboxylic acids is 1. The number of nitrogens with zero attached hydrogens (tertiary/aromatic N) is 6. The first-order chi connectivity index (χ1) is 15.6. The van der Waals surface area contributed by atoms with Crippen LogP contribution in [0.1, 0.15) is 42.2 Å². The first kappa shape index (κ1) is 19.2. The molecule has 0 unspecified atom stereocenters. The highest BCUT2D eigenvalue weighted by molar-refractivity contribution is 7.15. The average molecular weight is 450 g/mol. The lowest BCUT2D eigenvalue weighted by Gasteiger charge is -2.24. The fourth-order valence-electron chi connectivity index (χ4n) is 4.13. The number of aryl methyl sites for hydroxylation is 1. The van der Waals surface area contributed by atoms with Gasteiger partial charge in [0, 0.05) is 41.5 Å². The van der Waals surface area contributed by atoms with Crippen LogP contribution in [0.2, 0.25) is 0 Å². The third-order valence-corrected chi connectivity index (χ3v) is 6.72. The van der Waals surface area contributed by atoms with E-state index in [1.54, 1.807) is 6.20 Å². The van der Waals surface area contributed by atoms with Crippen molar-refractivity contribution in [1.29, 1.82) is 0 Å². The summed E-state index contributed by atoms with van der Waals surface area (Å²) >= 11 is 1.47. The molecule has 1 atom stereocenters. The molecule has 1 aliphatic carbocycles. The Labute approximate surface area is 188 Å². The molecule has 0 radical (unpaired) electrons. The van der Waals surface area contributed by atoms with E-state index in [0.717, 1.165) is 41.4 Å². The van der Waals surface area contributed by atoms with Crippen LogP contribution in [0.3, 0.4) is 0 Å². The standard InChI is InChI=1S/C21H23N9OS/c1-12-11-22-21(32-12)25-18(31)15-4-2-8-29(15)20-24-17-5-3-9-30(17)19(26-20)23-16-10-14(27-28-16)13-6-7-13/h3,5,9-11,13,15H,2,4,6-8H2,1H3,(H,22,25,31)(H2,23,24,26,27,28)/t15-/m0/s1. The van der Waals surface area contributed by atoms with Gasteiger partial charge in [-0.2, -0.15) is 15.1 Å². The Bertz CT molecular complexity index is 1290. The molecule has 3 N–H and O–H groups in total. The van der Waals surface area contributed by atoms with Gasteiger partial charge in [-0.25, -0.2) is 4.98 Å². The van der Waals surface area contributed by atoms with Crippen LogP contribution in [-0.2, 0) is 4.79 Å². The van der Waals surface area contributed by atoms with Crippen LogP contribution in [0, 0.1) is 6.92 Å². The largest absolute Gasteiger partial charge is 0.329 e. The van der Waals surface area contributed by atoms with Crippen molar-refractivity contribution in [1.82, 2.24) is 29.5 Å². The quantitative estimate of drug-likeness (QED) is 0.413. The molecule has 0 bridgehead atoms. The number of nitrogens with one attached hydrogen (secondary N) is 3. The molecule has 32 heavy (non-hydrogen) atoms. The van der Waals surface area contributed by atoms with Gasteiger partial charge in [0.1, 0.15) is 11.7 Å². The van der Waals surface area contributed by atoms with Crippen LogP contribution in [0.25, 0.3) is 5.65 Å². The molecule has 1 aliphatic heterocycles. The molecule has 1 saturated carbocycles. The lowest BCUT2D eigenvalue weighted by molar-refractivity contribution is -0.117. The SMILES string of the molecule is Cc1cnc(NC(=O)[C@@H]2CCCN2c2nc(Nc3cc(C4CC4)[nH]n3)n3cccc3n2)s1. The fraction of sp³-hybridized carbons (Fsp3) is 0.381. The van der Waals surface area contributed by atoms with Crippen LogP contribution >= 0.6 is 11.3 Å². The Morgan fingerprint density at radius 2 is 2.19 bits per heavy atom. The maximum absolute atomic E-state index is 13.0. The number of aromatic nitrogens is 6. The predicted octanol–water partition coefficient (Wildman–Crippen LogP) is 3.45. The summed E-state index contributed by atoms with van der Waals surface area (Å²) in [6.45, 7) is 2.69. The second kappa shape index (κ2) is 7.59. The Morgan fingerprint density at radius 3 is 3.00 bits per heavy atom. The highest BCUT2D eigenvalue weighted by Gasteiger charge is 2.33. The van der Waals surface area contributed by atoms with Gasteiger partial charge in [0.2, 0.25) is 17.8 Å². The maximum atomic E-state index is 13.0. The molecule has 1 saturated heterocycles. The molecule has 11 heteroatoms. The molecule has 0 aromatic carbocycles. The maximum Gasteiger partial charge on any atom is 0.248 e. The van der Waals surface area contributed by atoms with E-state index in [-0.39, 0.29) is 11.9 Å². The molecule has 10 nitrogen and oxygen atoms in total. The van der Waals surface area contributed by atoms with E-state index < -0.39 is 0 Å². The monoisotopic (exact) mass is 449 g/mol. The fourth-order valence-corrected chi connectivity index (χ4v) is 4.80. The Morgan fingerprint density at radius 1 is 1.28 bits per heavy atom. The van der Waals surface area contributed by atoms with Crippen molar-refractivity contribution in [3.05, 3.63) is 41.2 Å². The smallest absolute Gasteiger partial charge is 0.248 e. The molecule has 2 fully saturated rings. The van der Waals surface area contributed by atoms with Gasteiger partial charge >= 0.3 is 0 Å². The average Bonchev–Trinajstić information content (AvgIpc) is 3.20. The lowest BCUT2D eigenvalue weighted by Crippen LogP contribution is -2.40. The summed E-state index contributed by atoms with van der Waals surface area (Å²) in [5, 5.41) is 14.4. The van der Waals surface area contributed by atoms with Crippen molar-refractivity contribution in [2.75, 3.05) is 22.1 Å². The molecule has 1 amide bonds. The number of H-pyrrole nitrogens is 1. The normalized spacial score (nSPS) is 18.4. The minimum atomic E-state index is -0.337. The zero-order chi connectivity index (χ0) is 21.7. The second-order valence-electron chi connectivity index (χ2n) is 8.31. The van der Waals surface area contributed by atoms with Crippen LogP contribution in [-0.4, -0.2) is 48.0 Å². The summed E-state index contributed by atoms with van der Waals surface area (Å²) in [5.74, 6) is 2.39. The summed E-state index contributed by atoms with van der Waals surface area (Å²) in [6.07, 6.45) is 7.74. The van der Waals surface area contributed by atoms with E-state index >= 15 is 0 Å². The van der Waals surface area contributed by atoms with E-state index in [1.165, 1.54) is 24.2 Å². The van der Waals surface area contributed by atoms with Crippen molar-refractivity contribution in [3.63, 3.8) is 0 Å². The summed E-state index contributed by atoms with van der Waals surface area (Å²) in [5.41, 5.74) is 1.91. The summed E-state index contributed by atoms with van der Waals surface area (Å²) in [6, 6.07) is 5.56. The van der Waals surface area contributed by atoms with Crippen LogP contribution in [0.15, 0.2) is 30.6 Å². The highest BCUT2D eigenvalue weighted by atomic mass is 32.1. The van der Waals surface area contributed by atoms with Gasteiger partial charge in [-0.05, 0) is 44.7 Å². The molecular formula is C21H23N9OS. The van der Waals surface area contributed by atoms with Crippen molar-refractivity contribution in [3.8, 4) is 0 Å².